The van der Waals surface area contributed by atoms with Crippen molar-refractivity contribution in [2.45, 2.75) is 213 Å². The van der Waals surface area contributed by atoms with Crippen LogP contribution in [0, 0.1) is 0 Å². The predicted molar refractivity (Wildman–Crippen MR) is 243 cm³/mol. The Morgan fingerprint density at radius 3 is 1.43 bits per heavy atom. The molecule has 0 heterocycles. The molecule has 1 unspecified atom stereocenters. The van der Waals surface area contributed by atoms with Crippen molar-refractivity contribution < 1.29 is 42.1 Å². The monoisotopic (exact) mass is 841 g/mol. The summed E-state index contributed by atoms with van der Waals surface area (Å²) < 4.78 is 34.3. The SMILES string of the molecule is CCCCCCCC/C=C\C/C=C\C/C=C\CCCC(=O)OC[C@H](COP(=O)(O)OCC[N+](C)(C)C)OC(=O)CCCCCCCCCCCCCCCCCCC. The van der Waals surface area contributed by atoms with Gasteiger partial charge in [0.15, 0.2) is 6.10 Å². The lowest BCUT2D eigenvalue weighted by Gasteiger charge is -2.24. The van der Waals surface area contributed by atoms with Crippen LogP contribution >= 0.6 is 7.82 Å². The summed E-state index contributed by atoms with van der Waals surface area (Å²) in [4.78, 5) is 35.4. The Balaban J connectivity index is 4.37. The Morgan fingerprint density at radius 1 is 0.534 bits per heavy atom. The fourth-order valence-electron chi connectivity index (χ4n) is 6.44. The van der Waals surface area contributed by atoms with E-state index in [0.29, 0.717) is 23.9 Å². The van der Waals surface area contributed by atoms with Crippen molar-refractivity contribution in [1.82, 2.24) is 0 Å². The summed E-state index contributed by atoms with van der Waals surface area (Å²) in [5.41, 5.74) is 0. The highest BCUT2D eigenvalue weighted by Crippen LogP contribution is 2.43. The van der Waals surface area contributed by atoms with Crippen LogP contribution in [0.2, 0.25) is 0 Å². The molecular weight excluding hydrogens is 750 g/mol. The third-order valence-electron chi connectivity index (χ3n) is 10.2. The third kappa shape index (κ3) is 43.8. The number of hydrogen-bond donors (Lipinski definition) is 1. The molecule has 0 saturated carbocycles. The first-order valence-electron chi connectivity index (χ1n) is 23.7. The number of rotatable bonds is 43. The second-order valence-electron chi connectivity index (χ2n) is 17.1. The van der Waals surface area contributed by atoms with Gasteiger partial charge in [0.2, 0.25) is 0 Å². The first-order chi connectivity index (χ1) is 28.0. The zero-order valence-corrected chi connectivity index (χ0v) is 39.2. The lowest BCUT2D eigenvalue weighted by atomic mass is 10.0. The quantitative estimate of drug-likeness (QED) is 0.0213. The molecule has 0 radical (unpaired) electrons. The van der Waals surface area contributed by atoms with Gasteiger partial charge in [0.05, 0.1) is 27.7 Å². The topological polar surface area (TPSA) is 108 Å². The molecule has 9 nitrogen and oxygen atoms in total. The van der Waals surface area contributed by atoms with E-state index >= 15 is 0 Å². The molecular formula is C48H91NO8P+. The molecule has 0 aliphatic heterocycles. The summed E-state index contributed by atoms with van der Waals surface area (Å²) in [6, 6.07) is 0. The molecule has 0 fully saturated rings. The molecule has 0 spiro atoms. The van der Waals surface area contributed by atoms with Crippen molar-refractivity contribution in [1.29, 1.82) is 0 Å². The molecule has 0 aromatic rings. The van der Waals surface area contributed by atoms with Crippen LogP contribution in [-0.2, 0) is 32.7 Å². The van der Waals surface area contributed by atoms with E-state index in [-0.39, 0.29) is 26.1 Å². The molecule has 58 heavy (non-hydrogen) atoms. The molecule has 0 amide bonds. The molecule has 0 rings (SSSR count). The van der Waals surface area contributed by atoms with Crippen LogP contribution in [0.3, 0.4) is 0 Å². The van der Waals surface area contributed by atoms with E-state index in [1.165, 1.54) is 135 Å². The van der Waals surface area contributed by atoms with Gasteiger partial charge in [0, 0.05) is 12.8 Å². The van der Waals surface area contributed by atoms with Crippen molar-refractivity contribution >= 4 is 19.8 Å². The van der Waals surface area contributed by atoms with Gasteiger partial charge in [-0.1, -0.05) is 185 Å². The van der Waals surface area contributed by atoms with E-state index < -0.39 is 32.5 Å². The Kier molecular flexibility index (Phi) is 39.4. The number of nitrogens with zero attached hydrogens (tertiary/aromatic N) is 1. The van der Waals surface area contributed by atoms with Crippen LogP contribution in [-0.4, -0.2) is 74.9 Å². The van der Waals surface area contributed by atoms with Gasteiger partial charge < -0.3 is 18.9 Å². The van der Waals surface area contributed by atoms with E-state index in [1.54, 1.807) is 0 Å². The van der Waals surface area contributed by atoms with E-state index in [4.69, 9.17) is 18.5 Å². The average Bonchev–Trinajstić information content (AvgIpc) is 3.17. The number of allylic oxidation sites excluding steroid dienone is 6. The van der Waals surface area contributed by atoms with Gasteiger partial charge in [-0.2, -0.15) is 0 Å². The molecule has 0 saturated heterocycles. The Labute approximate surface area is 357 Å². The number of quaternary nitrogens is 1. The van der Waals surface area contributed by atoms with Crippen molar-refractivity contribution in [3.05, 3.63) is 36.5 Å². The minimum atomic E-state index is -4.38. The zero-order valence-electron chi connectivity index (χ0n) is 38.3. The van der Waals surface area contributed by atoms with Gasteiger partial charge in [0.1, 0.15) is 19.8 Å². The zero-order chi connectivity index (χ0) is 42.8. The van der Waals surface area contributed by atoms with Crippen molar-refractivity contribution in [2.24, 2.45) is 0 Å². The molecule has 1 N–H and O–H groups in total. The van der Waals surface area contributed by atoms with Gasteiger partial charge >= 0.3 is 19.8 Å². The summed E-state index contributed by atoms with van der Waals surface area (Å²) in [7, 11) is 1.46. The Bertz CT molecular complexity index is 1090. The van der Waals surface area contributed by atoms with E-state index in [2.05, 4.69) is 50.3 Å². The molecule has 340 valence electrons. The number of carbonyl (C=O) groups excluding carboxylic acids is 2. The Morgan fingerprint density at radius 2 is 0.948 bits per heavy atom. The van der Waals surface area contributed by atoms with Gasteiger partial charge in [-0.15, -0.1) is 0 Å². The lowest BCUT2D eigenvalue weighted by Crippen LogP contribution is -2.37. The lowest BCUT2D eigenvalue weighted by molar-refractivity contribution is -0.870. The van der Waals surface area contributed by atoms with E-state index in [1.807, 2.05) is 21.1 Å². The molecule has 0 bridgehead atoms. The van der Waals surface area contributed by atoms with Gasteiger partial charge in [-0.3, -0.25) is 18.6 Å². The molecule has 0 aliphatic rings. The molecule has 0 aromatic heterocycles. The highest BCUT2D eigenvalue weighted by atomic mass is 31.2. The summed E-state index contributed by atoms with van der Waals surface area (Å²) >= 11 is 0. The minimum Gasteiger partial charge on any atom is -0.462 e. The highest BCUT2D eigenvalue weighted by Gasteiger charge is 2.27. The van der Waals surface area contributed by atoms with Crippen LogP contribution in [0.15, 0.2) is 36.5 Å². The first-order valence-corrected chi connectivity index (χ1v) is 25.2. The van der Waals surface area contributed by atoms with E-state index in [0.717, 1.165) is 32.1 Å². The average molecular weight is 841 g/mol. The smallest absolute Gasteiger partial charge is 0.462 e. The molecule has 0 aliphatic carbocycles. The normalized spacial score (nSPS) is 13.8. The Hall–Kier alpha value is -1.77. The van der Waals surface area contributed by atoms with Crippen LogP contribution < -0.4 is 0 Å². The highest BCUT2D eigenvalue weighted by molar-refractivity contribution is 7.47. The molecule has 10 heteroatoms. The first kappa shape index (κ1) is 56.2. The number of phosphoric ester groups is 1. The summed E-state index contributed by atoms with van der Waals surface area (Å²) in [6.45, 7) is 4.38. The van der Waals surface area contributed by atoms with Crippen molar-refractivity contribution in [2.75, 3.05) is 47.5 Å². The summed E-state index contributed by atoms with van der Waals surface area (Å²) in [5, 5.41) is 0. The van der Waals surface area contributed by atoms with Gasteiger partial charge in [-0.05, 0) is 44.9 Å². The maximum absolute atomic E-state index is 12.7. The number of ether oxygens (including phenoxy) is 2. The number of carbonyl (C=O) groups is 2. The largest absolute Gasteiger partial charge is 0.472 e. The van der Waals surface area contributed by atoms with Crippen molar-refractivity contribution in [3.63, 3.8) is 0 Å². The molecule has 2 atom stereocenters. The van der Waals surface area contributed by atoms with E-state index in [9.17, 15) is 19.0 Å². The van der Waals surface area contributed by atoms with Crippen LogP contribution in [0.4, 0.5) is 0 Å². The van der Waals surface area contributed by atoms with Crippen LogP contribution in [0.25, 0.3) is 0 Å². The fourth-order valence-corrected chi connectivity index (χ4v) is 7.18. The molecule has 0 aromatic carbocycles. The number of esters is 2. The number of hydrogen-bond acceptors (Lipinski definition) is 7. The van der Waals surface area contributed by atoms with Crippen LogP contribution in [0.1, 0.15) is 206 Å². The van der Waals surface area contributed by atoms with Crippen LogP contribution in [0.5, 0.6) is 0 Å². The second kappa shape index (κ2) is 40.6. The minimum absolute atomic E-state index is 0.0253. The number of unbranched alkanes of at least 4 members (excludes halogenated alkanes) is 23. The van der Waals surface area contributed by atoms with Gasteiger partial charge in [-0.25, -0.2) is 4.57 Å². The summed E-state index contributed by atoms with van der Waals surface area (Å²) in [5.74, 6) is -0.852. The second-order valence-corrected chi connectivity index (χ2v) is 18.6. The predicted octanol–water partition coefficient (Wildman–Crippen LogP) is 13.7. The van der Waals surface area contributed by atoms with Crippen molar-refractivity contribution in [3.8, 4) is 0 Å². The number of likely N-dealkylation sites (N-methyl/N-ethyl adjacent to an activating group) is 1. The summed E-state index contributed by atoms with van der Waals surface area (Å²) in [6.07, 6.45) is 46.3. The number of phosphoric acid groups is 1. The maximum atomic E-state index is 12.7. The fraction of sp³-hybridized carbons (Fsp3) is 0.833. The maximum Gasteiger partial charge on any atom is 0.472 e. The standard InChI is InChI=1S/C48H90NO8P/c1-6-8-10-12-14-16-18-20-22-24-26-28-30-32-34-36-38-40-47(50)54-44-46(45-56-58(52,53)55-43-42-49(3,4)5)57-48(51)41-39-37-35-33-31-29-27-25-23-21-19-17-15-13-11-9-7-2/h20,22,26,28,32,34,46H,6-19,21,23-25,27,29-31,33,35-45H2,1-5H3/p+1/b22-20-,28-26-,34-32-/t46-/m1/s1. The third-order valence-corrected chi connectivity index (χ3v) is 11.2. The van der Waals surface area contributed by atoms with Gasteiger partial charge in [0.25, 0.3) is 0 Å².